The van der Waals surface area contributed by atoms with E-state index in [1.54, 1.807) is 48.3 Å². The molecule has 5 aliphatic heterocycles. The largest absolute Gasteiger partial charge is 0.369 e. The van der Waals surface area contributed by atoms with Crippen molar-refractivity contribution in [2.75, 3.05) is 86.4 Å². The van der Waals surface area contributed by atoms with Gasteiger partial charge in [0.15, 0.2) is 11.5 Å². The van der Waals surface area contributed by atoms with E-state index < -0.39 is 35.6 Å². The van der Waals surface area contributed by atoms with Gasteiger partial charge < -0.3 is 36.0 Å². The van der Waals surface area contributed by atoms with Crippen molar-refractivity contribution in [1.82, 2.24) is 34.9 Å². The monoisotopic (exact) mass is 820 g/mol. The summed E-state index contributed by atoms with van der Waals surface area (Å²) in [6.07, 6.45) is 4.42. The summed E-state index contributed by atoms with van der Waals surface area (Å²) in [7, 11) is 1.81. The molecule has 2 aromatic carbocycles. The number of imide groups is 2. The van der Waals surface area contributed by atoms with Crippen LogP contribution in [-0.2, 0) is 14.4 Å². The highest BCUT2D eigenvalue weighted by Gasteiger charge is 2.45. The highest BCUT2D eigenvalue weighted by atomic mass is 16.2. The number of urea groups is 1. The number of nitrogens with zero attached hydrogens (tertiary/aromatic N) is 8. The van der Waals surface area contributed by atoms with Crippen molar-refractivity contribution in [3.8, 4) is 0 Å². The predicted molar refractivity (Wildman–Crippen MR) is 220 cm³/mol. The maximum Gasteiger partial charge on any atom is 0.320 e. The van der Waals surface area contributed by atoms with Crippen LogP contribution < -0.4 is 31.5 Å². The van der Waals surface area contributed by atoms with Crippen LogP contribution in [0.25, 0.3) is 0 Å². The van der Waals surface area contributed by atoms with Crippen LogP contribution in [0.15, 0.2) is 48.7 Å². The number of piperidine rings is 2. The third-order valence-corrected chi connectivity index (χ3v) is 11.9. The molecule has 4 fully saturated rings. The number of amides is 8. The number of rotatable bonds is 12. The quantitative estimate of drug-likeness (QED) is 0.191. The molecule has 0 spiro atoms. The standard InChI is InChI=1S/C41H48N12O7/c1-48-15-20-52(41(48)60)28-7-3-14-51(24-28)32-23-43-35(36(42)56)37(46-32)45-26-6-2-5-25(21-26)44-33(54)8-4-13-49-16-18-50(19-17-49)27-9-10-29-30(22-27)40(59)53(39(29)58)31-11-12-34(55)47-38(31)57/h2,5-6,9-10,21-23,28,31H,3-4,7-8,11-20,24H2,1H3,(H2,42,56)(H,44,54)(H,45,46)(H,47,55,57)/t28-,31?/m1/s1. The molecule has 19 nitrogen and oxygen atoms in total. The summed E-state index contributed by atoms with van der Waals surface area (Å²) in [5.41, 5.74) is 8.11. The molecule has 8 rings (SSSR count). The molecule has 1 unspecified atom stereocenters. The molecule has 19 heteroatoms. The Labute approximate surface area is 346 Å². The molecule has 4 saturated heterocycles. The van der Waals surface area contributed by atoms with E-state index in [9.17, 15) is 33.6 Å². The Balaban J connectivity index is 0.812. The van der Waals surface area contributed by atoms with Crippen molar-refractivity contribution < 1.29 is 33.6 Å². The molecule has 3 aromatic rings. The zero-order chi connectivity index (χ0) is 42.1. The molecule has 2 atom stereocenters. The predicted octanol–water partition coefficient (Wildman–Crippen LogP) is 1.60. The number of likely N-dealkylation sites (N-methyl/N-ethyl adjacent to an activating group) is 1. The van der Waals surface area contributed by atoms with Gasteiger partial charge in [-0.25, -0.2) is 14.8 Å². The van der Waals surface area contributed by atoms with Crippen LogP contribution in [0.4, 0.5) is 33.5 Å². The van der Waals surface area contributed by atoms with Gasteiger partial charge >= 0.3 is 6.03 Å². The number of hydrogen-bond acceptors (Lipinski definition) is 13. The van der Waals surface area contributed by atoms with Gasteiger partial charge in [0.2, 0.25) is 17.7 Å². The van der Waals surface area contributed by atoms with Gasteiger partial charge in [-0.1, -0.05) is 6.07 Å². The molecule has 0 radical (unpaired) electrons. The van der Waals surface area contributed by atoms with E-state index in [0.717, 1.165) is 49.6 Å². The maximum atomic E-state index is 13.3. The minimum Gasteiger partial charge on any atom is -0.369 e. The van der Waals surface area contributed by atoms with Gasteiger partial charge in [0.25, 0.3) is 17.7 Å². The Hall–Kier alpha value is -6.63. The van der Waals surface area contributed by atoms with Crippen molar-refractivity contribution in [3.05, 3.63) is 65.5 Å². The van der Waals surface area contributed by atoms with E-state index in [1.165, 1.54) is 6.20 Å². The zero-order valence-electron chi connectivity index (χ0n) is 33.4. The lowest BCUT2D eigenvalue weighted by molar-refractivity contribution is -0.136. The number of nitrogens with one attached hydrogen (secondary N) is 3. The SMILES string of the molecule is CN1CCN([C@@H]2CCCN(c3cnc(C(N)=O)c(Nc4cccc(NC(=O)CCCN5CCN(c6ccc7c(c6)C(=O)N(C6CCC(=O)NC6=O)C7=O)CC5)c4)n3)C2)C1=O. The van der Waals surface area contributed by atoms with E-state index in [-0.39, 0.29) is 53.5 Å². The molecule has 8 amide bonds. The van der Waals surface area contributed by atoms with Crippen molar-refractivity contribution in [2.45, 2.75) is 50.6 Å². The normalized spacial score (nSPS) is 21.1. The summed E-state index contributed by atoms with van der Waals surface area (Å²) in [6, 6.07) is 11.3. The van der Waals surface area contributed by atoms with Crippen molar-refractivity contribution in [3.63, 3.8) is 0 Å². The van der Waals surface area contributed by atoms with Crippen LogP contribution >= 0.6 is 0 Å². The van der Waals surface area contributed by atoms with Crippen molar-refractivity contribution in [1.29, 1.82) is 0 Å². The molecule has 0 bridgehead atoms. The van der Waals surface area contributed by atoms with E-state index in [4.69, 9.17) is 10.7 Å². The number of anilines is 5. The lowest BCUT2D eigenvalue weighted by atomic mass is 10.0. The molecule has 6 heterocycles. The average molecular weight is 821 g/mol. The second-order valence-corrected chi connectivity index (χ2v) is 15.8. The number of carbonyl (C=O) groups is 7. The Morgan fingerprint density at radius 3 is 2.42 bits per heavy atom. The van der Waals surface area contributed by atoms with E-state index in [0.29, 0.717) is 62.8 Å². The van der Waals surface area contributed by atoms with Gasteiger partial charge in [-0.2, -0.15) is 0 Å². The molecule has 1 aromatic heterocycles. The highest BCUT2D eigenvalue weighted by molar-refractivity contribution is 6.23. The summed E-state index contributed by atoms with van der Waals surface area (Å²) in [4.78, 5) is 109. The van der Waals surface area contributed by atoms with Gasteiger partial charge in [0.05, 0.1) is 23.4 Å². The molecule has 5 aliphatic rings. The lowest BCUT2D eigenvalue weighted by Crippen LogP contribution is -2.54. The topological polar surface area (TPSA) is 227 Å². The highest BCUT2D eigenvalue weighted by Crippen LogP contribution is 2.32. The molecular weight excluding hydrogens is 773 g/mol. The van der Waals surface area contributed by atoms with Crippen molar-refractivity contribution >= 4 is 70.2 Å². The number of nitrogens with two attached hydrogens (primary N) is 1. The first kappa shape index (κ1) is 40.2. The summed E-state index contributed by atoms with van der Waals surface area (Å²) in [5, 5.41) is 8.35. The van der Waals surface area contributed by atoms with Gasteiger partial charge in [-0.3, -0.25) is 43.9 Å². The number of benzene rings is 2. The van der Waals surface area contributed by atoms with E-state index >= 15 is 0 Å². The first-order valence-electron chi connectivity index (χ1n) is 20.4. The minimum atomic E-state index is -1.01. The molecule has 5 N–H and O–H groups in total. The first-order valence-corrected chi connectivity index (χ1v) is 20.4. The van der Waals surface area contributed by atoms with Gasteiger partial charge in [-0.05, 0) is 68.6 Å². The number of fused-ring (bicyclic) bond motifs is 1. The number of piperazine rings is 1. The smallest absolute Gasteiger partial charge is 0.320 e. The number of hydrogen-bond donors (Lipinski definition) is 4. The van der Waals surface area contributed by atoms with Gasteiger partial charge in [0.1, 0.15) is 11.9 Å². The van der Waals surface area contributed by atoms with Crippen LogP contribution in [0.5, 0.6) is 0 Å². The zero-order valence-corrected chi connectivity index (χ0v) is 33.4. The molecule has 60 heavy (non-hydrogen) atoms. The average Bonchev–Trinajstić information content (AvgIpc) is 3.70. The van der Waals surface area contributed by atoms with E-state index in [2.05, 4.69) is 35.6 Å². The van der Waals surface area contributed by atoms with Crippen LogP contribution in [0, 0.1) is 0 Å². The molecule has 314 valence electrons. The fourth-order valence-electron chi connectivity index (χ4n) is 8.61. The Morgan fingerprint density at radius 1 is 0.883 bits per heavy atom. The number of primary amides is 1. The third-order valence-electron chi connectivity index (χ3n) is 11.9. The van der Waals surface area contributed by atoms with Crippen molar-refractivity contribution in [2.24, 2.45) is 5.73 Å². The minimum absolute atomic E-state index is 0.0174. The molecule has 0 aliphatic carbocycles. The van der Waals surface area contributed by atoms with Crippen LogP contribution in [0.1, 0.15) is 69.7 Å². The third kappa shape index (κ3) is 8.29. The number of aromatic nitrogens is 2. The van der Waals surface area contributed by atoms with Gasteiger partial charge in [0, 0.05) is 89.3 Å². The summed E-state index contributed by atoms with van der Waals surface area (Å²) >= 11 is 0. The fourth-order valence-corrected chi connectivity index (χ4v) is 8.61. The second kappa shape index (κ2) is 16.9. The Morgan fingerprint density at radius 2 is 1.67 bits per heavy atom. The summed E-state index contributed by atoms with van der Waals surface area (Å²) < 4.78 is 0. The Kier molecular flexibility index (Phi) is 11.3. The summed E-state index contributed by atoms with van der Waals surface area (Å²) in [5.74, 6) is -2.23. The van der Waals surface area contributed by atoms with Gasteiger partial charge in [-0.15, -0.1) is 0 Å². The van der Waals surface area contributed by atoms with E-state index in [1.807, 2.05) is 11.0 Å². The molecule has 0 saturated carbocycles. The lowest BCUT2D eigenvalue weighted by Gasteiger charge is -2.37. The first-order chi connectivity index (χ1) is 28.9. The van der Waals surface area contributed by atoms with Crippen LogP contribution in [0.2, 0.25) is 0 Å². The summed E-state index contributed by atoms with van der Waals surface area (Å²) in [6.45, 7) is 6.28. The Bertz CT molecular complexity index is 2240. The molecular formula is C41H48N12O7. The second-order valence-electron chi connectivity index (χ2n) is 15.8. The van der Waals surface area contributed by atoms with Crippen LogP contribution in [-0.4, -0.2) is 149 Å². The maximum absolute atomic E-state index is 13.3. The van der Waals surface area contributed by atoms with Crippen LogP contribution in [0.3, 0.4) is 0 Å². The number of carbonyl (C=O) groups excluding carboxylic acids is 7. The fraction of sp³-hybridized carbons (Fsp3) is 0.439.